The van der Waals surface area contributed by atoms with Crippen molar-refractivity contribution >= 4 is 15.7 Å². The van der Waals surface area contributed by atoms with Crippen molar-refractivity contribution < 1.29 is 13.2 Å². The molecule has 1 atom stereocenters. The third-order valence-corrected chi connectivity index (χ3v) is 4.71. The van der Waals surface area contributed by atoms with E-state index < -0.39 is 15.9 Å². The Morgan fingerprint density at radius 1 is 1.47 bits per heavy atom. The Morgan fingerprint density at radius 2 is 2.16 bits per heavy atom. The van der Waals surface area contributed by atoms with Crippen LogP contribution in [0.2, 0.25) is 0 Å². The highest BCUT2D eigenvalue weighted by Crippen LogP contribution is 2.11. The van der Waals surface area contributed by atoms with Crippen LogP contribution < -0.4 is 5.32 Å². The lowest BCUT2D eigenvalue weighted by Crippen LogP contribution is -2.37. The summed E-state index contributed by atoms with van der Waals surface area (Å²) in [4.78, 5) is 11.9. The number of hydrogen-bond donors (Lipinski definition) is 1. The quantitative estimate of drug-likeness (QED) is 0.861. The second-order valence-electron chi connectivity index (χ2n) is 4.79. The number of aromatic nitrogens is 2. The van der Waals surface area contributed by atoms with Gasteiger partial charge in [-0.1, -0.05) is 0 Å². The smallest absolute Gasteiger partial charge is 0.242 e. The maximum absolute atomic E-state index is 11.9. The maximum atomic E-state index is 11.9. The highest BCUT2D eigenvalue weighted by atomic mass is 32.2. The van der Waals surface area contributed by atoms with E-state index in [4.69, 9.17) is 0 Å². The number of sulfone groups is 1. The monoisotopic (exact) mass is 283 g/mol. The highest BCUT2D eigenvalue weighted by Gasteiger charge is 2.23. The van der Waals surface area contributed by atoms with Gasteiger partial charge in [0.15, 0.2) is 9.84 Å². The summed E-state index contributed by atoms with van der Waals surface area (Å²) in [5, 5.41) is 8.09. The topological polar surface area (TPSA) is 81.1 Å². The number of hydrogen-bond acceptors (Lipinski definition) is 4. The number of rotatable bonds is 3. The zero-order chi connectivity index (χ0) is 14.2. The Hall–Kier alpha value is -1.63. The van der Waals surface area contributed by atoms with E-state index in [1.165, 1.54) is 6.08 Å². The number of carbonyl (C=O) groups is 1. The summed E-state index contributed by atoms with van der Waals surface area (Å²) in [5.41, 5.74) is 2.91. The van der Waals surface area contributed by atoms with Crippen LogP contribution in [-0.2, 0) is 21.2 Å². The third-order valence-electron chi connectivity index (χ3n) is 3.31. The third kappa shape index (κ3) is 3.04. The molecule has 2 rings (SSSR count). The van der Waals surface area contributed by atoms with Crippen LogP contribution >= 0.6 is 0 Å². The van der Waals surface area contributed by atoms with Crippen molar-refractivity contribution in [3.63, 3.8) is 0 Å². The van der Waals surface area contributed by atoms with Crippen molar-refractivity contribution in [1.82, 2.24) is 15.1 Å². The zero-order valence-corrected chi connectivity index (χ0v) is 12.0. The molecule has 104 valence electrons. The molecule has 1 aromatic rings. The van der Waals surface area contributed by atoms with E-state index in [9.17, 15) is 13.2 Å². The summed E-state index contributed by atoms with van der Waals surface area (Å²) >= 11 is 0. The Balaban J connectivity index is 1.99. The molecular formula is C12H17N3O3S. The lowest BCUT2D eigenvalue weighted by atomic mass is 10.2. The van der Waals surface area contributed by atoms with Crippen LogP contribution in [0.1, 0.15) is 17.0 Å². The molecule has 0 saturated carbocycles. The number of carbonyl (C=O) groups excluding carboxylic acids is 1. The minimum absolute atomic E-state index is 0.0606. The van der Waals surface area contributed by atoms with Crippen LogP contribution in [0.3, 0.4) is 0 Å². The molecule has 1 N–H and O–H groups in total. The first kappa shape index (κ1) is 13.8. The van der Waals surface area contributed by atoms with Gasteiger partial charge in [-0.3, -0.25) is 9.48 Å². The van der Waals surface area contributed by atoms with Crippen LogP contribution in [0.25, 0.3) is 0 Å². The summed E-state index contributed by atoms with van der Waals surface area (Å²) in [5.74, 6) is -0.299. The van der Waals surface area contributed by atoms with Crippen molar-refractivity contribution in [2.24, 2.45) is 0 Å². The molecule has 1 unspecified atom stereocenters. The summed E-state index contributed by atoms with van der Waals surface area (Å²) in [7, 11) is -3.14. The van der Waals surface area contributed by atoms with Gasteiger partial charge in [0.2, 0.25) is 5.91 Å². The number of nitrogens with zero attached hydrogens (tertiary/aromatic N) is 2. The summed E-state index contributed by atoms with van der Waals surface area (Å²) in [6.45, 7) is 5.86. The van der Waals surface area contributed by atoms with Crippen LogP contribution in [0, 0.1) is 20.8 Å². The van der Waals surface area contributed by atoms with E-state index in [1.807, 2.05) is 20.8 Å². The van der Waals surface area contributed by atoms with Crippen LogP contribution in [0.15, 0.2) is 11.5 Å². The normalized spacial score (nSPS) is 20.7. The second kappa shape index (κ2) is 4.80. The fourth-order valence-electron chi connectivity index (χ4n) is 1.99. The Labute approximate surface area is 112 Å². The minimum Gasteiger partial charge on any atom is -0.347 e. The van der Waals surface area contributed by atoms with Crippen molar-refractivity contribution in [2.45, 2.75) is 33.4 Å². The van der Waals surface area contributed by atoms with Gasteiger partial charge in [-0.05, 0) is 32.4 Å². The SMILES string of the molecule is Cc1nn(CC(=O)NC2C=CS(=O)(=O)C2)c(C)c1C. The molecular weight excluding hydrogens is 266 g/mol. The molecule has 1 aliphatic rings. The molecule has 1 aliphatic heterocycles. The van der Waals surface area contributed by atoms with Crippen molar-refractivity contribution in [3.8, 4) is 0 Å². The molecule has 0 radical (unpaired) electrons. The lowest BCUT2D eigenvalue weighted by Gasteiger charge is -2.10. The summed E-state index contributed by atoms with van der Waals surface area (Å²) in [6, 6.07) is -0.435. The van der Waals surface area contributed by atoms with Gasteiger partial charge in [0.25, 0.3) is 0 Å². The number of amides is 1. The van der Waals surface area contributed by atoms with Crippen molar-refractivity contribution in [3.05, 3.63) is 28.4 Å². The Morgan fingerprint density at radius 3 is 2.63 bits per heavy atom. The first-order valence-corrected chi connectivity index (χ1v) is 7.71. The molecule has 6 nitrogen and oxygen atoms in total. The van der Waals surface area contributed by atoms with Gasteiger partial charge < -0.3 is 5.32 Å². The van der Waals surface area contributed by atoms with E-state index >= 15 is 0 Å². The number of aryl methyl sites for hydroxylation is 1. The standard InChI is InChI=1S/C12H17N3O3S/c1-8-9(2)14-15(10(8)3)6-12(16)13-11-4-5-19(17,18)7-11/h4-5,11H,6-7H2,1-3H3,(H,13,16). The van der Waals surface area contributed by atoms with E-state index in [1.54, 1.807) is 4.68 Å². The molecule has 1 aromatic heterocycles. The molecule has 0 fully saturated rings. The van der Waals surface area contributed by atoms with Gasteiger partial charge in [-0.2, -0.15) is 5.10 Å². The summed E-state index contributed by atoms with van der Waals surface area (Å²) < 4.78 is 24.1. The first-order chi connectivity index (χ1) is 8.78. The predicted molar refractivity (Wildman–Crippen MR) is 71.3 cm³/mol. The van der Waals surface area contributed by atoms with Crippen molar-refractivity contribution in [2.75, 3.05) is 5.75 Å². The highest BCUT2D eigenvalue weighted by molar-refractivity contribution is 7.94. The van der Waals surface area contributed by atoms with Crippen LogP contribution in [0.4, 0.5) is 0 Å². The minimum atomic E-state index is -3.14. The fraction of sp³-hybridized carbons (Fsp3) is 0.500. The van der Waals surface area contributed by atoms with E-state index in [0.29, 0.717) is 0 Å². The van der Waals surface area contributed by atoms with Gasteiger partial charge in [-0.25, -0.2) is 8.42 Å². The molecule has 0 spiro atoms. The van der Waals surface area contributed by atoms with Gasteiger partial charge in [0.1, 0.15) is 6.54 Å². The zero-order valence-electron chi connectivity index (χ0n) is 11.2. The molecule has 1 amide bonds. The fourth-order valence-corrected chi connectivity index (χ4v) is 3.23. The van der Waals surface area contributed by atoms with Gasteiger partial charge >= 0.3 is 0 Å². The Bertz CT molecular complexity index is 643. The second-order valence-corrected chi connectivity index (χ2v) is 6.72. The molecule has 19 heavy (non-hydrogen) atoms. The molecule has 0 aromatic carbocycles. The van der Waals surface area contributed by atoms with E-state index in [0.717, 1.165) is 22.4 Å². The molecule has 0 saturated heterocycles. The lowest BCUT2D eigenvalue weighted by molar-refractivity contribution is -0.122. The molecule has 2 heterocycles. The molecule has 0 bridgehead atoms. The summed E-state index contributed by atoms with van der Waals surface area (Å²) in [6.07, 6.45) is 1.50. The molecule has 0 aliphatic carbocycles. The van der Waals surface area contributed by atoms with Crippen LogP contribution in [0.5, 0.6) is 0 Å². The largest absolute Gasteiger partial charge is 0.347 e. The number of nitrogens with one attached hydrogen (secondary N) is 1. The van der Waals surface area contributed by atoms with Crippen molar-refractivity contribution in [1.29, 1.82) is 0 Å². The van der Waals surface area contributed by atoms with E-state index in [-0.39, 0.29) is 18.2 Å². The maximum Gasteiger partial charge on any atom is 0.242 e. The van der Waals surface area contributed by atoms with Crippen LogP contribution in [-0.4, -0.2) is 35.9 Å². The Kier molecular flexibility index (Phi) is 3.49. The van der Waals surface area contributed by atoms with E-state index in [2.05, 4.69) is 10.4 Å². The van der Waals surface area contributed by atoms with Gasteiger partial charge in [0.05, 0.1) is 17.5 Å². The average Bonchev–Trinajstić information content (AvgIpc) is 2.75. The van der Waals surface area contributed by atoms with Gasteiger partial charge in [-0.15, -0.1) is 0 Å². The van der Waals surface area contributed by atoms with Gasteiger partial charge in [0, 0.05) is 11.1 Å². The molecule has 7 heteroatoms. The first-order valence-electron chi connectivity index (χ1n) is 5.99. The average molecular weight is 283 g/mol. The predicted octanol–water partition coefficient (Wildman–Crippen LogP) is 0.235.